The summed E-state index contributed by atoms with van der Waals surface area (Å²) in [5.74, 6) is 0.696. The van der Waals surface area contributed by atoms with Gasteiger partial charge in [-0.1, -0.05) is 6.07 Å². The summed E-state index contributed by atoms with van der Waals surface area (Å²) in [6.07, 6.45) is 0.190. The van der Waals surface area contributed by atoms with Gasteiger partial charge in [0.25, 0.3) is 0 Å². The minimum Gasteiger partial charge on any atom is -0.492 e. The second-order valence-corrected chi connectivity index (χ2v) is 7.04. The predicted molar refractivity (Wildman–Crippen MR) is 101 cm³/mol. The van der Waals surface area contributed by atoms with E-state index in [4.69, 9.17) is 4.74 Å². The highest BCUT2D eigenvalue weighted by Crippen LogP contribution is 2.22. The van der Waals surface area contributed by atoms with Gasteiger partial charge in [-0.05, 0) is 37.1 Å². The lowest BCUT2D eigenvalue weighted by Crippen LogP contribution is -2.30. The summed E-state index contributed by atoms with van der Waals surface area (Å²) in [6, 6.07) is 5.89. The van der Waals surface area contributed by atoms with Crippen LogP contribution < -0.4 is 20.3 Å². The molecule has 8 heteroatoms. The van der Waals surface area contributed by atoms with E-state index in [1.165, 1.54) is 11.3 Å². The molecule has 2 heterocycles. The average molecular weight is 374 g/mol. The Morgan fingerprint density at radius 3 is 2.81 bits per heavy atom. The number of nitrogens with zero attached hydrogens (tertiary/aromatic N) is 2. The Bertz CT molecular complexity index is 785. The molecule has 0 aliphatic carbocycles. The second-order valence-electron chi connectivity index (χ2n) is 6.20. The van der Waals surface area contributed by atoms with E-state index in [2.05, 4.69) is 21.7 Å². The number of carbonyl (C=O) groups excluding carboxylic acids is 2. The molecule has 0 bridgehead atoms. The topological polar surface area (TPSA) is 83.6 Å². The van der Waals surface area contributed by atoms with Crippen molar-refractivity contribution in [1.82, 2.24) is 15.6 Å². The lowest BCUT2D eigenvalue weighted by molar-refractivity contribution is -0.120. The van der Waals surface area contributed by atoms with Crippen LogP contribution in [0.5, 0.6) is 5.75 Å². The summed E-state index contributed by atoms with van der Waals surface area (Å²) in [5.41, 5.74) is 2.96. The zero-order valence-corrected chi connectivity index (χ0v) is 15.7. The molecule has 1 aliphatic heterocycles. The lowest BCUT2D eigenvalue weighted by Gasteiger charge is -2.09. The van der Waals surface area contributed by atoms with E-state index in [9.17, 15) is 9.59 Å². The number of hydrogen-bond donors (Lipinski definition) is 2. The normalized spacial score (nSPS) is 13.6. The summed E-state index contributed by atoms with van der Waals surface area (Å²) in [7, 11) is 0. The number of carbonyl (C=O) groups is 2. The van der Waals surface area contributed by atoms with Crippen LogP contribution in [0.3, 0.4) is 0 Å². The molecule has 7 nitrogen and oxygen atoms in total. The van der Waals surface area contributed by atoms with Crippen molar-refractivity contribution in [2.45, 2.75) is 20.3 Å². The number of ether oxygens (including phenoxy) is 1. The van der Waals surface area contributed by atoms with Gasteiger partial charge in [-0.3, -0.25) is 9.69 Å². The molecule has 3 amide bonds. The molecule has 2 N–H and O–H groups in total. The first kappa shape index (κ1) is 18.2. The molecular formula is C18H22N4O3S. The van der Waals surface area contributed by atoms with Gasteiger partial charge in [0.1, 0.15) is 12.4 Å². The van der Waals surface area contributed by atoms with E-state index in [-0.39, 0.29) is 18.4 Å². The first-order chi connectivity index (χ1) is 12.5. The van der Waals surface area contributed by atoms with E-state index in [0.717, 1.165) is 16.9 Å². The monoisotopic (exact) mass is 374 g/mol. The fourth-order valence-corrected chi connectivity index (χ4v) is 3.61. The SMILES string of the molecule is Cc1cc(C)cc(OCCNC(=O)Cc2csc(N3CCNC3=O)n2)c1. The maximum absolute atomic E-state index is 12.0. The number of benzene rings is 1. The van der Waals surface area contributed by atoms with Crippen LogP contribution in [-0.2, 0) is 11.2 Å². The third kappa shape index (κ3) is 4.72. The van der Waals surface area contributed by atoms with Crippen molar-refractivity contribution in [2.24, 2.45) is 0 Å². The van der Waals surface area contributed by atoms with Crippen molar-refractivity contribution >= 4 is 28.4 Å². The highest BCUT2D eigenvalue weighted by Gasteiger charge is 2.24. The largest absolute Gasteiger partial charge is 0.492 e. The molecule has 138 valence electrons. The van der Waals surface area contributed by atoms with E-state index >= 15 is 0 Å². The molecule has 1 aliphatic rings. The number of amides is 3. The molecule has 0 radical (unpaired) electrons. The summed E-state index contributed by atoms with van der Waals surface area (Å²) in [4.78, 5) is 29.6. The number of thiazole rings is 1. The maximum Gasteiger partial charge on any atom is 0.323 e. The zero-order chi connectivity index (χ0) is 18.5. The summed E-state index contributed by atoms with van der Waals surface area (Å²) < 4.78 is 5.67. The van der Waals surface area contributed by atoms with Crippen LogP contribution in [0, 0.1) is 13.8 Å². The number of anilines is 1. The molecule has 1 fully saturated rings. The molecular weight excluding hydrogens is 352 g/mol. The van der Waals surface area contributed by atoms with Crippen molar-refractivity contribution in [3.63, 3.8) is 0 Å². The third-order valence-corrected chi connectivity index (χ3v) is 4.77. The van der Waals surface area contributed by atoms with Gasteiger partial charge in [0.15, 0.2) is 5.13 Å². The highest BCUT2D eigenvalue weighted by atomic mass is 32.1. The van der Waals surface area contributed by atoms with Crippen LogP contribution in [0.4, 0.5) is 9.93 Å². The Morgan fingerprint density at radius 2 is 2.12 bits per heavy atom. The molecule has 3 rings (SSSR count). The number of aryl methyl sites for hydroxylation is 2. The van der Waals surface area contributed by atoms with Crippen LogP contribution in [0.1, 0.15) is 16.8 Å². The second kappa shape index (κ2) is 8.18. The highest BCUT2D eigenvalue weighted by molar-refractivity contribution is 7.14. The standard InChI is InChI=1S/C18H22N4O3S/c1-12-7-13(2)9-15(8-12)25-6-4-19-16(23)10-14-11-26-18(21-14)22-5-3-20-17(22)24/h7-9,11H,3-6,10H2,1-2H3,(H,19,23)(H,20,24). The number of hydrogen-bond acceptors (Lipinski definition) is 5. The van der Waals surface area contributed by atoms with Crippen LogP contribution >= 0.6 is 11.3 Å². The third-order valence-electron chi connectivity index (χ3n) is 3.86. The van der Waals surface area contributed by atoms with E-state index in [1.807, 2.05) is 31.4 Å². The number of rotatable bonds is 7. The molecule has 0 spiro atoms. The van der Waals surface area contributed by atoms with Gasteiger partial charge >= 0.3 is 6.03 Å². The quantitative estimate of drug-likeness (QED) is 0.727. The van der Waals surface area contributed by atoms with Crippen molar-refractivity contribution < 1.29 is 14.3 Å². The van der Waals surface area contributed by atoms with Crippen molar-refractivity contribution in [1.29, 1.82) is 0 Å². The number of aromatic nitrogens is 1. The van der Waals surface area contributed by atoms with Crippen molar-refractivity contribution in [3.05, 3.63) is 40.4 Å². The average Bonchev–Trinajstić information content (AvgIpc) is 3.19. The maximum atomic E-state index is 12.0. The van der Waals surface area contributed by atoms with Gasteiger partial charge in [0.2, 0.25) is 5.91 Å². The molecule has 1 aromatic heterocycles. The summed E-state index contributed by atoms with van der Waals surface area (Å²) >= 11 is 1.37. The molecule has 0 saturated carbocycles. The van der Waals surface area contributed by atoms with Crippen molar-refractivity contribution in [2.75, 3.05) is 31.1 Å². The predicted octanol–water partition coefficient (Wildman–Crippen LogP) is 2.03. The number of urea groups is 1. The van der Waals surface area contributed by atoms with Crippen molar-refractivity contribution in [3.8, 4) is 5.75 Å². The fourth-order valence-electron chi connectivity index (χ4n) is 2.76. The van der Waals surface area contributed by atoms with Gasteiger partial charge in [-0.2, -0.15) is 0 Å². The first-order valence-electron chi connectivity index (χ1n) is 8.49. The van der Waals surface area contributed by atoms with Crippen LogP contribution in [0.25, 0.3) is 0 Å². The van der Waals surface area contributed by atoms with E-state index in [0.29, 0.717) is 37.1 Å². The van der Waals surface area contributed by atoms with Crippen LogP contribution in [0.2, 0.25) is 0 Å². The van der Waals surface area contributed by atoms with Crippen LogP contribution in [-0.4, -0.2) is 43.2 Å². The Labute approximate surface area is 156 Å². The first-order valence-corrected chi connectivity index (χ1v) is 9.37. The molecule has 2 aromatic rings. The summed E-state index contributed by atoms with van der Waals surface area (Å²) in [5, 5.41) is 8.00. The molecule has 26 heavy (non-hydrogen) atoms. The summed E-state index contributed by atoms with van der Waals surface area (Å²) in [6.45, 7) is 6.11. The zero-order valence-electron chi connectivity index (χ0n) is 14.9. The Balaban J connectivity index is 1.41. The van der Waals surface area contributed by atoms with E-state index < -0.39 is 0 Å². The molecule has 1 aromatic carbocycles. The van der Waals surface area contributed by atoms with Gasteiger partial charge in [-0.25, -0.2) is 9.78 Å². The minimum absolute atomic E-state index is 0.114. The smallest absolute Gasteiger partial charge is 0.323 e. The molecule has 1 saturated heterocycles. The Kier molecular flexibility index (Phi) is 5.72. The molecule has 0 atom stereocenters. The Morgan fingerprint density at radius 1 is 1.35 bits per heavy atom. The fraction of sp³-hybridized carbons (Fsp3) is 0.389. The van der Waals surface area contributed by atoms with Crippen LogP contribution in [0.15, 0.2) is 23.6 Å². The molecule has 0 unspecified atom stereocenters. The van der Waals surface area contributed by atoms with E-state index in [1.54, 1.807) is 4.90 Å². The lowest BCUT2D eigenvalue weighted by atomic mass is 10.1. The van der Waals surface area contributed by atoms with Gasteiger partial charge in [0.05, 0.1) is 18.7 Å². The Hall–Kier alpha value is -2.61. The van der Waals surface area contributed by atoms with Gasteiger partial charge in [-0.15, -0.1) is 11.3 Å². The number of nitrogens with one attached hydrogen (secondary N) is 2. The minimum atomic E-state index is -0.140. The van der Waals surface area contributed by atoms with Gasteiger partial charge in [0, 0.05) is 18.5 Å². The van der Waals surface area contributed by atoms with Gasteiger partial charge < -0.3 is 15.4 Å².